The molecule has 0 saturated heterocycles. The Kier molecular flexibility index (Phi) is 1.24. The van der Waals surface area contributed by atoms with E-state index in [2.05, 4.69) is 10.3 Å². The first-order valence-corrected chi connectivity index (χ1v) is 4.87. The van der Waals surface area contributed by atoms with Gasteiger partial charge < -0.3 is 5.32 Å². The second kappa shape index (κ2) is 2.29. The maximum absolute atomic E-state index is 11.3. The lowest BCUT2D eigenvalue weighted by molar-refractivity contribution is 0.0966. The molecule has 64 valence electrons. The van der Waals surface area contributed by atoms with Crippen LogP contribution >= 0.6 is 11.3 Å². The first kappa shape index (κ1) is 7.03. The van der Waals surface area contributed by atoms with Gasteiger partial charge in [0, 0.05) is 17.7 Å². The average Bonchev–Trinajstić information content (AvgIpc) is 2.70. The van der Waals surface area contributed by atoms with Crippen molar-refractivity contribution in [2.45, 2.75) is 6.54 Å². The normalized spacial score (nSPS) is 14.6. The molecule has 4 heteroatoms. The van der Waals surface area contributed by atoms with E-state index < -0.39 is 0 Å². The Hall–Kier alpha value is -1.42. The molecule has 1 aliphatic heterocycles. The zero-order chi connectivity index (χ0) is 8.84. The molecule has 3 nitrogen and oxygen atoms in total. The summed E-state index contributed by atoms with van der Waals surface area (Å²) in [6, 6.07) is 3.83. The van der Waals surface area contributed by atoms with E-state index in [1.165, 1.54) is 0 Å². The SMILES string of the molecule is O=C1NCc2c1ccc1scnc21. The molecule has 0 radical (unpaired) electrons. The van der Waals surface area contributed by atoms with Crippen LogP contribution in [0.15, 0.2) is 17.6 Å². The van der Waals surface area contributed by atoms with Crippen LogP contribution in [0, 0.1) is 0 Å². The molecule has 0 spiro atoms. The van der Waals surface area contributed by atoms with Gasteiger partial charge in [-0.15, -0.1) is 11.3 Å². The fraction of sp³-hybridized carbons (Fsp3) is 0.111. The minimum absolute atomic E-state index is 0.0184. The maximum Gasteiger partial charge on any atom is 0.251 e. The highest BCUT2D eigenvalue weighted by molar-refractivity contribution is 7.16. The molecule has 1 aromatic carbocycles. The van der Waals surface area contributed by atoms with Crippen molar-refractivity contribution >= 4 is 27.5 Å². The molecule has 0 atom stereocenters. The molecule has 1 aromatic heterocycles. The van der Waals surface area contributed by atoms with Crippen LogP contribution in [0.3, 0.4) is 0 Å². The summed E-state index contributed by atoms with van der Waals surface area (Å²) in [7, 11) is 0. The number of hydrogen-bond acceptors (Lipinski definition) is 3. The van der Waals surface area contributed by atoms with Gasteiger partial charge in [0.15, 0.2) is 0 Å². The van der Waals surface area contributed by atoms with Crippen molar-refractivity contribution in [1.82, 2.24) is 10.3 Å². The molecular weight excluding hydrogens is 184 g/mol. The van der Waals surface area contributed by atoms with Gasteiger partial charge in [0.25, 0.3) is 5.91 Å². The summed E-state index contributed by atoms with van der Waals surface area (Å²) >= 11 is 1.60. The first-order valence-electron chi connectivity index (χ1n) is 3.99. The van der Waals surface area contributed by atoms with Crippen LogP contribution in [0.4, 0.5) is 0 Å². The summed E-state index contributed by atoms with van der Waals surface area (Å²) in [4.78, 5) is 15.5. The van der Waals surface area contributed by atoms with Crippen molar-refractivity contribution in [3.63, 3.8) is 0 Å². The molecule has 0 unspecified atom stereocenters. The molecule has 0 fully saturated rings. The van der Waals surface area contributed by atoms with E-state index in [9.17, 15) is 4.79 Å². The van der Waals surface area contributed by atoms with Crippen molar-refractivity contribution in [3.05, 3.63) is 28.8 Å². The molecule has 3 rings (SSSR count). The monoisotopic (exact) mass is 190 g/mol. The van der Waals surface area contributed by atoms with Crippen molar-refractivity contribution in [1.29, 1.82) is 0 Å². The molecule has 1 amide bonds. The van der Waals surface area contributed by atoms with E-state index in [0.29, 0.717) is 6.54 Å². The quantitative estimate of drug-likeness (QED) is 0.684. The second-order valence-electron chi connectivity index (χ2n) is 2.97. The van der Waals surface area contributed by atoms with Crippen LogP contribution in [-0.2, 0) is 6.54 Å². The fourth-order valence-electron chi connectivity index (χ4n) is 1.64. The predicted octanol–water partition coefficient (Wildman–Crippen LogP) is 1.54. The van der Waals surface area contributed by atoms with Crippen molar-refractivity contribution in [2.24, 2.45) is 0 Å². The van der Waals surface area contributed by atoms with Gasteiger partial charge >= 0.3 is 0 Å². The molecular formula is C9H6N2OS. The van der Waals surface area contributed by atoms with E-state index >= 15 is 0 Å². The number of rotatable bonds is 0. The highest BCUT2D eigenvalue weighted by Crippen LogP contribution is 2.27. The number of thiazole rings is 1. The molecule has 2 aromatic rings. The number of nitrogens with one attached hydrogen (secondary N) is 1. The lowest BCUT2D eigenvalue weighted by atomic mass is 10.1. The number of amides is 1. The lowest BCUT2D eigenvalue weighted by Gasteiger charge is -1.94. The number of carbonyl (C=O) groups is 1. The summed E-state index contributed by atoms with van der Waals surface area (Å²) in [6.07, 6.45) is 0. The third-order valence-corrected chi connectivity index (χ3v) is 3.07. The highest BCUT2D eigenvalue weighted by Gasteiger charge is 2.21. The number of carbonyl (C=O) groups excluding carboxylic acids is 1. The Morgan fingerprint density at radius 3 is 3.31 bits per heavy atom. The summed E-state index contributed by atoms with van der Waals surface area (Å²) in [5, 5.41) is 2.79. The Morgan fingerprint density at radius 2 is 2.38 bits per heavy atom. The number of benzene rings is 1. The molecule has 13 heavy (non-hydrogen) atoms. The Morgan fingerprint density at radius 1 is 1.46 bits per heavy atom. The van der Waals surface area contributed by atoms with Gasteiger partial charge in [0.1, 0.15) is 0 Å². The fourth-order valence-corrected chi connectivity index (χ4v) is 2.35. The van der Waals surface area contributed by atoms with E-state index in [1.54, 1.807) is 11.3 Å². The Labute approximate surface area is 78.4 Å². The van der Waals surface area contributed by atoms with E-state index in [0.717, 1.165) is 21.3 Å². The van der Waals surface area contributed by atoms with E-state index in [4.69, 9.17) is 0 Å². The van der Waals surface area contributed by atoms with Crippen molar-refractivity contribution < 1.29 is 4.79 Å². The van der Waals surface area contributed by atoms with Crippen molar-refractivity contribution in [3.8, 4) is 0 Å². The summed E-state index contributed by atoms with van der Waals surface area (Å²) in [6.45, 7) is 0.620. The first-order chi connectivity index (χ1) is 6.36. The number of hydrogen-bond donors (Lipinski definition) is 1. The van der Waals surface area contributed by atoms with Gasteiger partial charge in [0.2, 0.25) is 0 Å². The summed E-state index contributed by atoms with van der Waals surface area (Å²) in [5.74, 6) is 0.0184. The number of nitrogens with zero attached hydrogens (tertiary/aromatic N) is 1. The van der Waals surface area contributed by atoms with Crippen LogP contribution in [0.1, 0.15) is 15.9 Å². The number of fused-ring (bicyclic) bond motifs is 3. The van der Waals surface area contributed by atoms with Crippen LogP contribution in [0.25, 0.3) is 10.2 Å². The average molecular weight is 190 g/mol. The molecule has 1 aliphatic rings. The summed E-state index contributed by atoms with van der Waals surface area (Å²) < 4.78 is 1.15. The highest BCUT2D eigenvalue weighted by atomic mass is 32.1. The van der Waals surface area contributed by atoms with Gasteiger partial charge in [-0.2, -0.15) is 0 Å². The molecule has 2 heterocycles. The molecule has 0 bridgehead atoms. The topological polar surface area (TPSA) is 42.0 Å². The van der Waals surface area contributed by atoms with E-state index in [1.807, 2.05) is 17.6 Å². The molecule has 0 saturated carbocycles. The van der Waals surface area contributed by atoms with Crippen molar-refractivity contribution in [2.75, 3.05) is 0 Å². The second-order valence-corrected chi connectivity index (χ2v) is 3.86. The zero-order valence-corrected chi connectivity index (χ0v) is 7.52. The Bertz CT molecular complexity index is 503. The van der Waals surface area contributed by atoms with Gasteiger partial charge in [-0.25, -0.2) is 4.98 Å². The van der Waals surface area contributed by atoms with Crippen LogP contribution in [0.2, 0.25) is 0 Å². The third-order valence-electron chi connectivity index (χ3n) is 2.28. The third kappa shape index (κ3) is 0.833. The minimum Gasteiger partial charge on any atom is -0.348 e. The van der Waals surface area contributed by atoms with Gasteiger partial charge in [-0.3, -0.25) is 4.79 Å². The van der Waals surface area contributed by atoms with Gasteiger partial charge in [-0.05, 0) is 12.1 Å². The van der Waals surface area contributed by atoms with Gasteiger partial charge in [0.05, 0.1) is 15.7 Å². The molecule has 0 aliphatic carbocycles. The molecule has 1 N–H and O–H groups in total. The van der Waals surface area contributed by atoms with Gasteiger partial charge in [-0.1, -0.05) is 0 Å². The van der Waals surface area contributed by atoms with Crippen LogP contribution < -0.4 is 5.32 Å². The summed E-state index contributed by atoms with van der Waals surface area (Å²) in [5.41, 5.74) is 4.61. The smallest absolute Gasteiger partial charge is 0.251 e. The minimum atomic E-state index is 0.0184. The van der Waals surface area contributed by atoms with Crippen LogP contribution in [-0.4, -0.2) is 10.9 Å². The largest absolute Gasteiger partial charge is 0.348 e. The zero-order valence-electron chi connectivity index (χ0n) is 6.70. The lowest BCUT2D eigenvalue weighted by Crippen LogP contribution is -2.12. The standard InChI is InChI=1S/C9H6N2OS/c12-9-5-1-2-7-8(11-4-13-7)6(5)3-10-9/h1-2,4H,3H2,(H,10,12). The number of aromatic nitrogens is 1. The predicted molar refractivity (Wildman–Crippen MR) is 50.8 cm³/mol. The van der Waals surface area contributed by atoms with Crippen LogP contribution in [0.5, 0.6) is 0 Å². The maximum atomic E-state index is 11.3. The Balaban J connectivity index is 2.45. The van der Waals surface area contributed by atoms with E-state index in [-0.39, 0.29) is 5.91 Å².